The number of halogens is 1. The number of alkyl halides is 1. The lowest BCUT2D eigenvalue weighted by atomic mass is 10.1. The molecule has 0 aliphatic heterocycles. The van der Waals surface area contributed by atoms with Crippen LogP contribution in [0, 0.1) is 6.92 Å². The first-order chi connectivity index (χ1) is 12.0. The van der Waals surface area contributed by atoms with E-state index in [1.807, 2.05) is 19.1 Å². The largest absolute Gasteiger partial charge is 0.351 e. The number of amides is 1. The monoisotopic (exact) mass is 414 g/mol. The van der Waals surface area contributed by atoms with Crippen LogP contribution in [0.25, 0.3) is 21.8 Å². The average molecular weight is 415 g/mol. The maximum absolute atomic E-state index is 11.6. The Labute approximate surface area is 160 Å². The van der Waals surface area contributed by atoms with Gasteiger partial charge in [-0.2, -0.15) is 0 Å². The second-order valence-corrected chi connectivity index (χ2v) is 8.17. The van der Waals surface area contributed by atoms with Gasteiger partial charge in [0.25, 0.3) is 0 Å². The van der Waals surface area contributed by atoms with Crippen molar-refractivity contribution < 1.29 is 4.79 Å². The van der Waals surface area contributed by atoms with Crippen molar-refractivity contribution in [2.75, 3.05) is 0 Å². The molecule has 3 nitrogen and oxygen atoms in total. The van der Waals surface area contributed by atoms with Crippen LogP contribution in [0.15, 0.2) is 53.9 Å². The van der Waals surface area contributed by atoms with Gasteiger partial charge in [-0.25, -0.2) is 4.98 Å². The van der Waals surface area contributed by atoms with Crippen LogP contribution in [-0.2, 0) is 11.3 Å². The Hall–Kier alpha value is -1.98. The summed E-state index contributed by atoms with van der Waals surface area (Å²) in [6.07, 6.45) is 0. The summed E-state index contributed by atoms with van der Waals surface area (Å²) < 4.78 is 0. The van der Waals surface area contributed by atoms with E-state index >= 15 is 0 Å². The quantitative estimate of drug-likeness (QED) is 0.583. The summed E-state index contributed by atoms with van der Waals surface area (Å²) in [5.41, 5.74) is 5.54. The van der Waals surface area contributed by atoms with Crippen LogP contribution in [0.5, 0.6) is 0 Å². The Morgan fingerprint density at radius 2 is 1.76 bits per heavy atom. The Morgan fingerprint density at radius 1 is 1.12 bits per heavy atom. The number of carbonyl (C=O) groups excluding carboxylic acids is 1. The van der Waals surface area contributed by atoms with Gasteiger partial charge in [-0.1, -0.05) is 70.0 Å². The maximum atomic E-state index is 11.6. The molecule has 2 aromatic carbocycles. The van der Waals surface area contributed by atoms with Crippen molar-refractivity contribution in [2.45, 2.75) is 25.2 Å². The summed E-state index contributed by atoms with van der Waals surface area (Å²) in [7, 11) is 0. The van der Waals surface area contributed by atoms with Gasteiger partial charge in [-0.15, -0.1) is 11.3 Å². The lowest BCUT2D eigenvalue weighted by Crippen LogP contribution is -2.28. The highest BCUT2D eigenvalue weighted by atomic mass is 79.9. The topological polar surface area (TPSA) is 42.0 Å². The summed E-state index contributed by atoms with van der Waals surface area (Å²) in [6, 6.07) is 16.6. The average Bonchev–Trinajstić information content (AvgIpc) is 3.10. The van der Waals surface area contributed by atoms with Gasteiger partial charge in [0.1, 0.15) is 5.01 Å². The normalized spacial score (nSPS) is 12.0. The van der Waals surface area contributed by atoms with Gasteiger partial charge in [0.05, 0.1) is 10.5 Å². The number of nitrogens with zero attached hydrogens (tertiary/aromatic N) is 1. The van der Waals surface area contributed by atoms with Crippen LogP contribution in [0.4, 0.5) is 0 Å². The number of thiazole rings is 1. The smallest absolute Gasteiger partial charge is 0.233 e. The molecule has 1 amide bonds. The van der Waals surface area contributed by atoms with E-state index < -0.39 is 0 Å². The molecule has 0 aliphatic carbocycles. The van der Waals surface area contributed by atoms with Gasteiger partial charge in [-0.3, -0.25) is 4.79 Å². The highest BCUT2D eigenvalue weighted by Crippen LogP contribution is 2.29. The van der Waals surface area contributed by atoms with Crippen molar-refractivity contribution >= 4 is 33.2 Å². The fourth-order valence-electron chi connectivity index (χ4n) is 2.36. The number of carbonyl (C=O) groups is 1. The Morgan fingerprint density at radius 3 is 2.40 bits per heavy atom. The number of hydrogen-bond acceptors (Lipinski definition) is 3. The number of nitrogens with one attached hydrogen (secondary N) is 1. The molecule has 0 spiro atoms. The molecular formula is C20H19BrN2OS. The third-order valence-corrected chi connectivity index (χ3v) is 5.19. The molecule has 1 N–H and O–H groups in total. The van der Waals surface area contributed by atoms with Crippen molar-refractivity contribution in [3.8, 4) is 21.8 Å². The Balaban J connectivity index is 1.70. The first-order valence-corrected chi connectivity index (χ1v) is 9.86. The van der Waals surface area contributed by atoms with Crippen LogP contribution in [0.2, 0.25) is 0 Å². The third kappa shape index (κ3) is 4.55. The second kappa shape index (κ2) is 7.93. The molecule has 0 saturated heterocycles. The van der Waals surface area contributed by atoms with E-state index in [1.54, 1.807) is 11.3 Å². The molecule has 1 unspecified atom stereocenters. The molecular weight excluding hydrogens is 396 g/mol. The minimum Gasteiger partial charge on any atom is -0.351 e. The molecule has 0 radical (unpaired) electrons. The van der Waals surface area contributed by atoms with Crippen LogP contribution in [0.3, 0.4) is 0 Å². The maximum Gasteiger partial charge on any atom is 0.233 e. The summed E-state index contributed by atoms with van der Waals surface area (Å²) in [6.45, 7) is 4.42. The summed E-state index contributed by atoms with van der Waals surface area (Å²) in [4.78, 5) is 16.2. The standard InChI is InChI=1S/C20H19BrN2OS/c1-13-3-7-16(8-4-13)18-12-25-20(23-18)17-9-5-15(6-10-17)11-22-19(24)14(2)21/h3-10,12,14H,11H2,1-2H3,(H,22,24). The molecule has 1 aromatic heterocycles. The van der Waals surface area contributed by atoms with Crippen molar-refractivity contribution in [2.24, 2.45) is 0 Å². The van der Waals surface area contributed by atoms with Gasteiger partial charge >= 0.3 is 0 Å². The molecule has 128 valence electrons. The first kappa shape index (κ1) is 17.8. The Kier molecular flexibility index (Phi) is 5.66. The molecule has 0 bridgehead atoms. The fourth-order valence-corrected chi connectivity index (χ4v) is 3.36. The van der Waals surface area contributed by atoms with E-state index in [0.29, 0.717) is 6.54 Å². The predicted octanol–water partition coefficient (Wildman–Crippen LogP) is 5.19. The van der Waals surface area contributed by atoms with Gasteiger partial charge in [0, 0.05) is 23.1 Å². The lowest BCUT2D eigenvalue weighted by molar-refractivity contribution is -0.120. The molecule has 25 heavy (non-hydrogen) atoms. The number of rotatable bonds is 5. The van der Waals surface area contributed by atoms with Crippen LogP contribution in [-0.4, -0.2) is 15.7 Å². The summed E-state index contributed by atoms with van der Waals surface area (Å²) in [5, 5.41) is 5.98. The Bertz CT molecular complexity index is 854. The van der Waals surface area contributed by atoms with Crippen molar-refractivity contribution in [1.29, 1.82) is 0 Å². The van der Waals surface area contributed by atoms with Crippen LogP contribution >= 0.6 is 27.3 Å². The number of aryl methyl sites for hydroxylation is 1. The molecule has 3 rings (SSSR count). The molecule has 3 aromatic rings. The first-order valence-electron chi connectivity index (χ1n) is 8.06. The minimum absolute atomic E-state index is 0.00765. The van der Waals surface area contributed by atoms with Gasteiger partial charge in [0.2, 0.25) is 5.91 Å². The van der Waals surface area contributed by atoms with Gasteiger partial charge in [-0.05, 0) is 19.4 Å². The molecule has 0 fully saturated rings. The van der Waals surface area contributed by atoms with E-state index in [9.17, 15) is 4.79 Å². The van der Waals surface area contributed by atoms with Gasteiger partial charge in [0.15, 0.2) is 0 Å². The lowest BCUT2D eigenvalue weighted by Gasteiger charge is -2.07. The SMILES string of the molecule is Cc1ccc(-c2csc(-c3ccc(CNC(=O)C(C)Br)cc3)n2)cc1. The third-order valence-electron chi connectivity index (χ3n) is 3.88. The molecule has 5 heteroatoms. The zero-order valence-electron chi connectivity index (χ0n) is 14.1. The molecule has 1 heterocycles. The number of benzene rings is 2. The zero-order valence-corrected chi connectivity index (χ0v) is 16.5. The number of hydrogen-bond donors (Lipinski definition) is 1. The van der Waals surface area contributed by atoms with Gasteiger partial charge < -0.3 is 5.32 Å². The van der Waals surface area contributed by atoms with E-state index in [4.69, 9.17) is 4.98 Å². The molecule has 0 aliphatic rings. The highest BCUT2D eigenvalue weighted by molar-refractivity contribution is 9.10. The highest BCUT2D eigenvalue weighted by Gasteiger charge is 2.09. The van der Waals surface area contributed by atoms with Crippen molar-refractivity contribution in [1.82, 2.24) is 10.3 Å². The van der Waals surface area contributed by atoms with Crippen molar-refractivity contribution in [3.05, 3.63) is 65.0 Å². The summed E-state index contributed by atoms with van der Waals surface area (Å²) >= 11 is 4.90. The molecule has 0 saturated carbocycles. The second-order valence-electron chi connectivity index (χ2n) is 5.93. The number of aromatic nitrogens is 1. The van der Waals surface area contributed by atoms with E-state index in [2.05, 4.69) is 69.9 Å². The molecule has 1 atom stereocenters. The zero-order chi connectivity index (χ0) is 17.8. The predicted molar refractivity (Wildman–Crippen MR) is 108 cm³/mol. The van der Waals surface area contributed by atoms with E-state index in [1.165, 1.54) is 5.56 Å². The van der Waals surface area contributed by atoms with E-state index in [0.717, 1.165) is 27.4 Å². The van der Waals surface area contributed by atoms with E-state index in [-0.39, 0.29) is 10.7 Å². The van der Waals surface area contributed by atoms with Crippen LogP contribution < -0.4 is 5.32 Å². The minimum atomic E-state index is -0.178. The summed E-state index contributed by atoms with van der Waals surface area (Å²) in [5.74, 6) is -0.00765. The fraction of sp³-hybridized carbons (Fsp3) is 0.200. The van der Waals surface area contributed by atoms with Crippen molar-refractivity contribution in [3.63, 3.8) is 0 Å². The van der Waals surface area contributed by atoms with Crippen LogP contribution in [0.1, 0.15) is 18.1 Å².